The first-order chi connectivity index (χ1) is 13.8. The number of aliphatic imine (C=N–C) groups is 1. The van der Waals surface area contributed by atoms with Gasteiger partial charge in [-0.15, -0.1) is 0 Å². The molecule has 0 amide bonds. The van der Waals surface area contributed by atoms with Crippen LogP contribution >= 0.6 is 0 Å². The number of benzene rings is 2. The summed E-state index contributed by atoms with van der Waals surface area (Å²) in [5.41, 5.74) is 4.36. The molecule has 1 atom stereocenters. The third-order valence-electron chi connectivity index (χ3n) is 6.12. The number of rotatable bonds is 5. The van der Waals surface area contributed by atoms with Crippen LogP contribution in [0.15, 0.2) is 59.6 Å². The van der Waals surface area contributed by atoms with Gasteiger partial charge in [0, 0.05) is 39.8 Å². The van der Waals surface area contributed by atoms with Gasteiger partial charge in [0.2, 0.25) is 0 Å². The van der Waals surface area contributed by atoms with Crippen molar-refractivity contribution in [2.75, 3.05) is 39.8 Å². The Bertz CT molecular complexity index is 786. The summed E-state index contributed by atoms with van der Waals surface area (Å²) >= 11 is 0. The van der Waals surface area contributed by atoms with Crippen LogP contribution in [0.25, 0.3) is 0 Å². The summed E-state index contributed by atoms with van der Waals surface area (Å²) in [6, 6.07) is 19.6. The minimum absolute atomic E-state index is 0.713. The minimum Gasteiger partial charge on any atom is -0.356 e. The van der Waals surface area contributed by atoms with Crippen LogP contribution in [0.1, 0.15) is 23.1 Å². The smallest absolute Gasteiger partial charge is 0.193 e. The normalized spacial score (nSPS) is 20.2. The molecule has 2 aromatic rings. The van der Waals surface area contributed by atoms with Crippen LogP contribution in [-0.4, -0.2) is 55.5 Å². The number of nitrogens with one attached hydrogen (secondary N) is 1. The molecule has 2 aliphatic heterocycles. The molecule has 1 fully saturated rings. The van der Waals surface area contributed by atoms with Crippen LogP contribution in [0.4, 0.5) is 0 Å². The molecule has 1 saturated heterocycles. The Morgan fingerprint density at radius 3 is 2.64 bits per heavy atom. The predicted octanol–water partition coefficient (Wildman–Crippen LogP) is 3.18. The lowest BCUT2D eigenvalue weighted by atomic mass is 10.0. The van der Waals surface area contributed by atoms with Crippen molar-refractivity contribution in [3.63, 3.8) is 0 Å². The highest BCUT2D eigenvalue weighted by atomic mass is 15.3. The number of fused-ring (bicyclic) bond motifs is 1. The third-order valence-corrected chi connectivity index (χ3v) is 6.12. The van der Waals surface area contributed by atoms with E-state index in [4.69, 9.17) is 0 Å². The van der Waals surface area contributed by atoms with E-state index in [0.29, 0.717) is 5.92 Å². The molecule has 2 heterocycles. The maximum atomic E-state index is 4.56. The molecule has 1 unspecified atom stereocenters. The Balaban J connectivity index is 1.23. The van der Waals surface area contributed by atoms with Crippen molar-refractivity contribution in [3.05, 3.63) is 71.3 Å². The molecule has 1 N–H and O–H groups in total. The highest BCUT2D eigenvalue weighted by Gasteiger charge is 2.24. The number of guanidine groups is 1. The van der Waals surface area contributed by atoms with Gasteiger partial charge in [0.25, 0.3) is 0 Å². The molecule has 4 rings (SSSR count). The highest BCUT2D eigenvalue weighted by Crippen LogP contribution is 2.19. The molecular weight excluding hydrogens is 344 g/mol. The van der Waals surface area contributed by atoms with Crippen LogP contribution in [0, 0.1) is 5.92 Å². The SMILES string of the molecule is CN=C(NCC1CCN(CCc2ccccc2)C1)N1CCc2ccccc2C1. The molecule has 0 spiro atoms. The van der Waals surface area contributed by atoms with Gasteiger partial charge in [-0.25, -0.2) is 0 Å². The van der Waals surface area contributed by atoms with Crippen LogP contribution < -0.4 is 5.32 Å². The summed E-state index contributed by atoms with van der Waals surface area (Å²) in [7, 11) is 1.91. The quantitative estimate of drug-likeness (QED) is 0.642. The van der Waals surface area contributed by atoms with Gasteiger partial charge in [0.15, 0.2) is 5.96 Å². The van der Waals surface area contributed by atoms with E-state index >= 15 is 0 Å². The fourth-order valence-electron chi connectivity index (χ4n) is 4.46. The van der Waals surface area contributed by atoms with Gasteiger partial charge >= 0.3 is 0 Å². The molecule has 2 aliphatic rings. The zero-order valence-electron chi connectivity index (χ0n) is 17.0. The second-order valence-electron chi connectivity index (χ2n) is 8.06. The largest absolute Gasteiger partial charge is 0.356 e. The zero-order valence-corrected chi connectivity index (χ0v) is 17.0. The van der Waals surface area contributed by atoms with E-state index < -0.39 is 0 Å². The molecule has 4 heteroatoms. The van der Waals surface area contributed by atoms with Crippen LogP contribution in [-0.2, 0) is 19.4 Å². The lowest BCUT2D eigenvalue weighted by molar-refractivity contribution is 0.325. The second-order valence-corrected chi connectivity index (χ2v) is 8.06. The van der Waals surface area contributed by atoms with Crippen molar-refractivity contribution in [3.8, 4) is 0 Å². The molecule has 148 valence electrons. The Labute approximate surface area is 169 Å². The molecule has 4 nitrogen and oxygen atoms in total. The molecule has 0 saturated carbocycles. The summed E-state index contributed by atoms with van der Waals surface area (Å²) in [5.74, 6) is 1.77. The van der Waals surface area contributed by atoms with Gasteiger partial charge < -0.3 is 15.1 Å². The van der Waals surface area contributed by atoms with Gasteiger partial charge in [-0.2, -0.15) is 0 Å². The molecule has 0 aliphatic carbocycles. The van der Waals surface area contributed by atoms with Crippen molar-refractivity contribution >= 4 is 5.96 Å². The van der Waals surface area contributed by atoms with Crippen molar-refractivity contribution in [1.82, 2.24) is 15.1 Å². The Morgan fingerprint density at radius 1 is 1.04 bits per heavy atom. The van der Waals surface area contributed by atoms with Gasteiger partial charge in [0.1, 0.15) is 0 Å². The van der Waals surface area contributed by atoms with Gasteiger partial charge in [-0.1, -0.05) is 54.6 Å². The second kappa shape index (κ2) is 9.24. The van der Waals surface area contributed by atoms with Gasteiger partial charge in [-0.05, 0) is 48.4 Å². The molecule has 0 bridgehead atoms. The first-order valence-corrected chi connectivity index (χ1v) is 10.6. The lowest BCUT2D eigenvalue weighted by Gasteiger charge is -2.32. The van der Waals surface area contributed by atoms with Crippen molar-refractivity contribution in [2.24, 2.45) is 10.9 Å². The zero-order chi connectivity index (χ0) is 19.2. The van der Waals surface area contributed by atoms with Crippen molar-refractivity contribution in [1.29, 1.82) is 0 Å². The third kappa shape index (κ3) is 4.74. The van der Waals surface area contributed by atoms with E-state index in [0.717, 1.165) is 45.0 Å². The highest BCUT2D eigenvalue weighted by molar-refractivity contribution is 5.80. The van der Waals surface area contributed by atoms with E-state index in [1.54, 1.807) is 0 Å². The number of hydrogen-bond acceptors (Lipinski definition) is 2. The van der Waals surface area contributed by atoms with Crippen molar-refractivity contribution in [2.45, 2.75) is 25.8 Å². The van der Waals surface area contributed by atoms with E-state index in [1.807, 2.05) is 7.05 Å². The maximum Gasteiger partial charge on any atom is 0.193 e. The van der Waals surface area contributed by atoms with E-state index in [9.17, 15) is 0 Å². The van der Waals surface area contributed by atoms with Gasteiger partial charge in [0.05, 0.1) is 0 Å². The number of nitrogens with zero attached hydrogens (tertiary/aromatic N) is 3. The maximum absolute atomic E-state index is 4.56. The Kier molecular flexibility index (Phi) is 6.27. The number of hydrogen-bond donors (Lipinski definition) is 1. The van der Waals surface area contributed by atoms with E-state index in [2.05, 4.69) is 74.7 Å². The molecule has 28 heavy (non-hydrogen) atoms. The monoisotopic (exact) mass is 376 g/mol. The summed E-state index contributed by atoms with van der Waals surface area (Å²) in [4.78, 5) is 9.56. The average Bonchev–Trinajstić information content (AvgIpc) is 3.21. The molecule has 0 aromatic heterocycles. The summed E-state index contributed by atoms with van der Waals surface area (Å²) in [6.07, 6.45) is 3.53. The van der Waals surface area contributed by atoms with E-state index in [-0.39, 0.29) is 0 Å². The Morgan fingerprint density at radius 2 is 1.82 bits per heavy atom. The van der Waals surface area contributed by atoms with Crippen molar-refractivity contribution < 1.29 is 0 Å². The molecule has 0 radical (unpaired) electrons. The fourth-order valence-corrected chi connectivity index (χ4v) is 4.46. The molecular formula is C24H32N4. The average molecular weight is 377 g/mol. The van der Waals surface area contributed by atoms with Crippen LogP contribution in [0.2, 0.25) is 0 Å². The standard InChI is InChI=1S/C24H32N4/c1-25-24(28-16-13-22-9-5-6-10-23(22)19-28)26-17-21-12-15-27(18-21)14-11-20-7-3-2-4-8-20/h2-10,21H,11-19H2,1H3,(H,25,26). The van der Waals surface area contributed by atoms with Gasteiger partial charge in [-0.3, -0.25) is 4.99 Å². The summed E-state index contributed by atoms with van der Waals surface area (Å²) in [5, 5.41) is 3.66. The lowest BCUT2D eigenvalue weighted by Crippen LogP contribution is -2.45. The van der Waals surface area contributed by atoms with E-state index in [1.165, 1.54) is 36.2 Å². The summed E-state index contributed by atoms with van der Waals surface area (Å²) < 4.78 is 0. The van der Waals surface area contributed by atoms with Crippen LogP contribution in [0.3, 0.4) is 0 Å². The minimum atomic E-state index is 0.713. The molecule has 2 aromatic carbocycles. The Hall–Kier alpha value is -2.33. The first-order valence-electron chi connectivity index (χ1n) is 10.6. The topological polar surface area (TPSA) is 30.9 Å². The predicted molar refractivity (Wildman–Crippen MR) is 117 cm³/mol. The summed E-state index contributed by atoms with van der Waals surface area (Å²) in [6.45, 7) is 6.60. The fraction of sp³-hybridized carbons (Fsp3) is 0.458. The van der Waals surface area contributed by atoms with Crippen LogP contribution in [0.5, 0.6) is 0 Å². The first kappa shape index (κ1) is 19.0. The number of likely N-dealkylation sites (tertiary alicyclic amines) is 1.